The van der Waals surface area contributed by atoms with Crippen LogP contribution in [0.1, 0.15) is 55.4 Å². The topological polar surface area (TPSA) is 92.8 Å². The Morgan fingerprint density at radius 3 is 2.92 bits per heavy atom. The van der Waals surface area contributed by atoms with Crippen LogP contribution in [0.5, 0.6) is 5.75 Å². The van der Waals surface area contributed by atoms with Gasteiger partial charge in [-0.25, -0.2) is 4.39 Å². The lowest BCUT2D eigenvalue weighted by Crippen LogP contribution is -2.28. The number of carbonyl (C=O) groups excluding carboxylic acids is 1. The first-order chi connectivity index (χ1) is 17.6. The SMILES string of the molecule is CCC(C)(C)C1CCc2c(sc(NC(=O)CSc3nnc(COc4ccc(F)cc4Cl)n3C)c2C#N)C1. The molecule has 2 aromatic heterocycles. The van der Waals surface area contributed by atoms with Gasteiger partial charge in [0, 0.05) is 11.9 Å². The monoisotopic (exact) mass is 561 g/mol. The molecule has 0 aliphatic heterocycles. The number of benzene rings is 1. The van der Waals surface area contributed by atoms with Gasteiger partial charge in [-0.1, -0.05) is 50.6 Å². The lowest BCUT2D eigenvalue weighted by Gasteiger charge is -2.36. The summed E-state index contributed by atoms with van der Waals surface area (Å²) in [4.78, 5) is 14.0. The first kappa shape index (κ1) is 27.4. The Hall–Kier alpha value is -2.61. The zero-order valence-electron chi connectivity index (χ0n) is 21.2. The van der Waals surface area contributed by atoms with Gasteiger partial charge in [0.05, 0.1) is 16.3 Å². The predicted molar refractivity (Wildman–Crippen MR) is 145 cm³/mol. The molecule has 4 rings (SSSR count). The highest BCUT2D eigenvalue weighted by molar-refractivity contribution is 7.99. The first-order valence-corrected chi connectivity index (χ1v) is 14.2. The molecule has 3 aromatic rings. The second kappa shape index (κ2) is 11.4. The standard InChI is InChI=1S/C26H29ClFN5O2S2/c1-5-26(2,3)15-6-8-17-18(12-29)24(37-21(17)10-15)30-23(34)14-36-25-32-31-22(33(25)4)13-35-20-9-7-16(28)11-19(20)27/h7,9,11,15H,5-6,8,10,13-14H2,1-4H3,(H,30,34). The minimum Gasteiger partial charge on any atom is -0.484 e. The van der Waals surface area contributed by atoms with Crippen LogP contribution >= 0.6 is 34.7 Å². The number of nitriles is 1. The number of hydrogen-bond donors (Lipinski definition) is 1. The molecular weight excluding hydrogens is 533 g/mol. The number of amides is 1. The third-order valence-electron chi connectivity index (χ3n) is 7.15. The van der Waals surface area contributed by atoms with Crippen LogP contribution in [0.25, 0.3) is 0 Å². The molecule has 0 fully saturated rings. The Labute approximate surface area is 229 Å². The zero-order valence-corrected chi connectivity index (χ0v) is 23.6. The van der Waals surface area contributed by atoms with Crippen molar-refractivity contribution in [1.82, 2.24) is 14.8 Å². The summed E-state index contributed by atoms with van der Waals surface area (Å²) in [5, 5.41) is 22.4. The van der Waals surface area contributed by atoms with Crippen molar-refractivity contribution in [2.24, 2.45) is 18.4 Å². The smallest absolute Gasteiger partial charge is 0.235 e. The van der Waals surface area contributed by atoms with Gasteiger partial charge in [0.25, 0.3) is 0 Å². The number of ether oxygens (including phenoxy) is 1. The van der Waals surface area contributed by atoms with Gasteiger partial charge in [0.1, 0.15) is 29.2 Å². The number of nitrogens with one attached hydrogen (secondary N) is 1. The Morgan fingerprint density at radius 2 is 2.22 bits per heavy atom. The number of anilines is 1. The fraction of sp³-hybridized carbons (Fsp3) is 0.462. The number of fused-ring (bicyclic) bond motifs is 1. The largest absolute Gasteiger partial charge is 0.484 e. The van der Waals surface area contributed by atoms with Crippen LogP contribution in [0.15, 0.2) is 23.4 Å². The Morgan fingerprint density at radius 1 is 1.43 bits per heavy atom. The maximum atomic E-state index is 13.2. The third kappa shape index (κ3) is 6.11. The molecule has 7 nitrogen and oxygen atoms in total. The van der Waals surface area contributed by atoms with E-state index in [0.717, 1.165) is 31.2 Å². The normalized spacial score (nSPS) is 15.2. The highest BCUT2D eigenvalue weighted by Gasteiger charge is 2.34. The van der Waals surface area contributed by atoms with E-state index in [9.17, 15) is 14.4 Å². The number of nitrogens with zero attached hydrogens (tertiary/aromatic N) is 4. The number of thioether (sulfide) groups is 1. The van der Waals surface area contributed by atoms with E-state index in [0.29, 0.717) is 33.2 Å². The Balaban J connectivity index is 1.36. The van der Waals surface area contributed by atoms with E-state index in [1.54, 1.807) is 11.6 Å². The number of rotatable bonds is 9. The zero-order chi connectivity index (χ0) is 26.7. The van der Waals surface area contributed by atoms with E-state index in [4.69, 9.17) is 16.3 Å². The first-order valence-electron chi connectivity index (χ1n) is 12.1. The molecule has 0 saturated heterocycles. The highest BCUT2D eigenvalue weighted by Crippen LogP contribution is 2.45. The van der Waals surface area contributed by atoms with Crippen molar-refractivity contribution in [1.29, 1.82) is 5.26 Å². The lowest BCUT2D eigenvalue weighted by molar-refractivity contribution is -0.113. The van der Waals surface area contributed by atoms with Crippen molar-refractivity contribution in [3.63, 3.8) is 0 Å². The fourth-order valence-electron chi connectivity index (χ4n) is 4.37. The molecule has 1 atom stereocenters. The number of aromatic nitrogens is 3. The van der Waals surface area contributed by atoms with Crippen LogP contribution < -0.4 is 10.1 Å². The number of carbonyl (C=O) groups is 1. The minimum absolute atomic E-state index is 0.0870. The van der Waals surface area contributed by atoms with Crippen molar-refractivity contribution in [3.05, 3.63) is 50.9 Å². The van der Waals surface area contributed by atoms with E-state index >= 15 is 0 Å². The maximum Gasteiger partial charge on any atom is 0.235 e. The Kier molecular flexibility index (Phi) is 8.46. The summed E-state index contributed by atoms with van der Waals surface area (Å²) in [7, 11) is 1.78. The van der Waals surface area contributed by atoms with Crippen LogP contribution in [0, 0.1) is 28.5 Å². The molecule has 1 unspecified atom stereocenters. The molecule has 0 spiro atoms. The third-order valence-corrected chi connectivity index (χ3v) is 9.64. The molecular formula is C26H29ClFN5O2S2. The molecule has 37 heavy (non-hydrogen) atoms. The molecule has 1 aromatic carbocycles. The van der Waals surface area contributed by atoms with Gasteiger partial charge in [-0.3, -0.25) is 4.79 Å². The maximum absolute atomic E-state index is 13.2. The van der Waals surface area contributed by atoms with Crippen molar-refractivity contribution in [2.45, 2.75) is 58.2 Å². The summed E-state index contributed by atoms with van der Waals surface area (Å²) in [5.74, 6) is 0.922. The van der Waals surface area contributed by atoms with Gasteiger partial charge in [-0.05, 0) is 54.4 Å². The summed E-state index contributed by atoms with van der Waals surface area (Å²) in [5.41, 5.74) is 1.95. The quantitative estimate of drug-likeness (QED) is 0.304. The van der Waals surface area contributed by atoms with Gasteiger partial charge in [0.2, 0.25) is 5.91 Å². The molecule has 1 N–H and O–H groups in total. The molecule has 0 bridgehead atoms. The van der Waals surface area contributed by atoms with E-state index in [1.165, 1.54) is 46.2 Å². The number of thiophene rings is 1. The second-order valence-electron chi connectivity index (χ2n) is 9.76. The van der Waals surface area contributed by atoms with Crippen molar-refractivity contribution < 1.29 is 13.9 Å². The van der Waals surface area contributed by atoms with E-state index in [2.05, 4.69) is 42.4 Å². The molecule has 1 aliphatic carbocycles. The van der Waals surface area contributed by atoms with Gasteiger partial charge >= 0.3 is 0 Å². The van der Waals surface area contributed by atoms with Crippen molar-refractivity contribution in [2.75, 3.05) is 11.1 Å². The number of hydrogen-bond acceptors (Lipinski definition) is 7. The van der Waals surface area contributed by atoms with Crippen molar-refractivity contribution >= 4 is 45.6 Å². The van der Waals surface area contributed by atoms with Crippen LogP contribution in [-0.2, 0) is 31.3 Å². The van der Waals surface area contributed by atoms with E-state index < -0.39 is 5.82 Å². The summed E-state index contributed by atoms with van der Waals surface area (Å²) < 4.78 is 20.6. The van der Waals surface area contributed by atoms with Gasteiger partial charge in [0.15, 0.2) is 11.0 Å². The average Bonchev–Trinajstić information content (AvgIpc) is 3.40. The van der Waals surface area contributed by atoms with Gasteiger partial charge < -0.3 is 14.6 Å². The molecule has 11 heteroatoms. The summed E-state index contributed by atoms with van der Waals surface area (Å²) >= 11 is 8.78. The molecule has 1 amide bonds. The van der Waals surface area contributed by atoms with Crippen LogP contribution in [-0.4, -0.2) is 26.4 Å². The number of halogens is 2. The van der Waals surface area contributed by atoms with Crippen LogP contribution in [0.4, 0.5) is 9.39 Å². The van der Waals surface area contributed by atoms with Crippen LogP contribution in [0.2, 0.25) is 5.02 Å². The van der Waals surface area contributed by atoms with E-state index in [1.807, 2.05) is 0 Å². The van der Waals surface area contributed by atoms with Gasteiger partial charge in [-0.15, -0.1) is 21.5 Å². The predicted octanol–water partition coefficient (Wildman–Crippen LogP) is 6.39. The van der Waals surface area contributed by atoms with Crippen LogP contribution in [0.3, 0.4) is 0 Å². The molecule has 2 heterocycles. The summed E-state index contributed by atoms with van der Waals surface area (Å²) in [6, 6.07) is 6.22. The fourth-order valence-corrected chi connectivity index (χ4v) is 6.62. The average molecular weight is 562 g/mol. The van der Waals surface area contributed by atoms with Crippen molar-refractivity contribution in [3.8, 4) is 11.8 Å². The second-order valence-corrected chi connectivity index (χ2v) is 12.2. The lowest BCUT2D eigenvalue weighted by atomic mass is 9.69. The molecule has 1 aliphatic rings. The summed E-state index contributed by atoms with van der Waals surface area (Å²) in [6.07, 6.45) is 4.00. The minimum atomic E-state index is -0.442. The summed E-state index contributed by atoms with van der Waals surface area (Å²) in [6.45, 7) is 6.93. The van der Waals surface area contributed by atoms with Gasteiger partial charge in [-0.2, -0.15) is 5.26 Å². The molecule has 0 saturated carbocycles. The van der Waals surface area contributed by atoms with E-state index in [-0.39, 0.29) is 28.7 Å². The highest BCUT2D eigenvalue weighted by atomic mass is 35.5. The Bertz CT molecular complexity index is 1350. The molecule has 0 radical (unpaired) electrons. The molecule has 196 valence electrons.